The maximum atomic E-state index is 12.2. The molecular formula is C14H19N3O4. The SMILES string of the molecule is Cc1nn(C)c(C)c1C=CC(=O)N1CCOCC1C(=O)O. The lowest BCUT2D eigenvalue weighted by Crippen LogP contribution is -2.52. The van der Waals surface area contributed by atoms with E-state index in [1.165, 1.54) is 11.0 Å². The van der Waals surface area contributed by atoms with Gasteiger partial charge in [0.05, 0.1) is 18.9 Å². The minimum Gasteiger partial charge on any atom is -0.480 e. The normalized spacial score (nSPS) is 19.2. The Bertz CT molecular complexity index is 591. The summed E-state index contributed by atoms with van der Waals surface area (Å²) >= 11 is 0. The fourth-order valence-corrected chi connectivity index (χ4v) is 2.35. The third-order valence-corrected chi connectivity index (χ3v) is 3.65. The molecule has 1 aromatic heterocycles. The van der Waals surface area contributed by atoms with Crippen LogP contribution in [0, 0.1) is 13.8 Å². The Morgan fingerprint density at radius 2 is 2.14 bits per heavy atom. The number of carbonyl (C=O) groups is 2. The molecule has 114 valence electrons. The van der Waals surface area contributed by atoms with Crippen LogP contribution >= 0.6 is 0 Å². The summed E-state index contributed by atoms with van der Waals surface area (Å²) in [6.45, 7) is 4.45. The lowest BCUT2D eigenvalue weighted by atomic mass is 10.1. The average molecular weight is 293 g/mol. The summed E-state index contributed by atoms with van der Waals surface area (Å²) in [5.74, 6) is -1.38. The summed E-state index contributed by atoms with van der Waals surface area (Å²) in [4.78, 5) is 24.7. The van der Waals surface area contributed by atoms with Crippen molar-refractivity contribution in [2.45, 2.75) is 19.9 Å². The van der Waals surface area contributed by atoms with Crippen LogP contribution in [0.3, 0.4) is 0 Å². The fraction of sp³-hybridized carbons (Fsp3) is 0.500. The van der Waals surface area contributed by atoms with Crippen LogP contribution in [0.25, 0.3) is 6.08 Å². The van der Waals surface area contributed by atoms with Crippen LogP contribution in [0.2, 0.25) is 0 Å². The highest BCUT2D eigenvalue weighted by Gasteiger charge is 2.31. The van der Waals surface area contributed by atoms with Crippen molar-refractivity contribution in [1.82, 2.24) is 14.7 Å². The quantitative estimate of drug-likeness (QED) is 0.814. The lowest BCUT2D eigenvalue weighted by molar-refractivity contribution is -0.156. The Balaban J connectivity index is 2.16. The summed E-state index contributed by atoms with van der Waals surface area (Å²) in [5.41, 5.74) is 2.66. The van der Waals surface area contributed by atoms with Crippen LogP contribution in [0.5, 0.6) is 0 Å². The van der Waals surface area contributed by atoms with Crippen LogP contribution in [0.4, 0.5) is 0 Å². The molecule has 21 heavy (non-hydrogen) atoms. The predicted octanol–water partition coefficient (Wildman–Crippen LogP) is 0.362. The highest BCUT2D eigenvalue weighted by atomic mass is 16.5. The van der Waals surface area contributed by atoms with Crippen molar-refractivity contribution < 1.29 is 19.4 Å². The standard InChI is InChI=1S/C14H19N3O4/c1-9-11(10(2)16(3)15-9)4-5-13(18)17-6-7-21-8-12(17)14(19)20/h4-5,12H,6-8H2,1-3H3,(H,19,20). The van der Waals surface area contributed by atoms with E-state index in [1.807, 2.05) is 20.9 Å². The Morgan fingerprint density at radius 3 is 2.71 bits per heavy atom. The van der Waals surface area contributed by atoms with Gasteiger partial charge in [-0.3, -0.25) is 9.48 Å². The van der Waals surface area contributed by atoms with Crippen molar-refractivity contribution in [2.24, 2.45) is 7.05 Å². The van der Waals surface area contributed by atoms with E-state index in [4.69, 9.17) is 9.84 Å². The van der Waals surface area contributed by atoms with E-state index in [1.54, 1.807) is 10.8 Å². The molecule has 1 N–H and O–H groups in total. The van der Waals surface area contributed by atoms with Crippen LogP contribution in [0.1, 0.15) is 17.0 Å². The summed E-state index contributed by atoms with van der Waals surface area (Å²) in [6.07, 6.45) is 3.09. The van der Waals surface area contributed by atoms with E-state index < -0.39 is 12.0 Å². The Morgan fingerprint density at radius 1 is 1.43 bits per heavy atom. The van der Waals surface area contributed by atoms with Gasteiger partial charge in [0.1, 0.15) is 0 Å². The number of morpholine rings is 1. The lowest BCUT2D eigenvalue weighted by Gasteiger charge is -2.31. The maximum Gasteiger partial charge on any atom is 0.328 e. The molecule has 1 fully saturated rings. The minimum absolute atomic E-state index is 0.0276. The monoisotopic (exact) mass is 293 g/mol. The van der Waals surface area contributed by atoms with Gasteiger partial charge in [0.25, 0.3) is 0 Å². The van der Waals surface area contributed by atoms with Gasteiger partial charge >= 0.3 is 5.97 Å². The van der Waals surface area contributed by atoms with Crippen molar-refractivity contribution in [3.8, 4) is 0 Å². The zero-order valence-electron chi connectivity index (χ0n) is 12.4. The van der Waals surface area contributed by atoms with Gasteiger partial charge in [-0.05, 0) is 19.9 Å². The molecule has 0 radical (unpaired) electrons. The summed E-state index contributed by atoms with van der Waals surface area (Å²) < 4.78 is 6.86. The van der Waals surface area contributed by atoms with E-state index in [0.717, 1.165) is 17.0 Å². The number of carbonyl (C=O) groups excluding carboxylic acids is 1. The molecule has 1 amide bonds. The molecule has 0 saturated carbocycles. The van der Waals surface area contributed by atoms with Crippen LogP contribution < -0.4 is 0 Å². The number of aromatic nitrogens is 2. The highest BCUT2D eigenvalue weighted by molar-refractivity contribution is 5.94. The summed E-state index contributed by atoms with van der Waals surface area (Å²) in [5, 5.41) is 13.4. The summed E-state index contributed by atoms with van der Waals surface area (Å²) in [6, 6.07) is -0.924. The molecule has 0 bridgehead atoms. The van der Waals surface area contributed by atoms with Crippen molar-refractivity contribution >= 4 is 18.0 Å². The zero-order chi connectivity index (χ0) is 15.6. The Hall–Kier alpha value is -2.15. The molecule has 7 heteroatoms. The number of nitrogens with zero attached hydrogens (tertiary/aromatic N) is 3. The molecule has 1 aliphatic rings. The summed E-state index contributed by atoms with van der Waals surface area (Å²) in [7, 11) is 1.84. The second-order valence-corrected chi connectivity index (χ2v) is 5.00. The largest absolute Gasteiger partial charge is 0.480 e. The van der Waals surface area contributed by atoms with Gasteiger partial charge in [-0.25, -0.2) is 4.79 Å². The van der Waals surface area contributed by atoms with Gasteiger partial charge in [-0.15, -0.1) is 0 Å². The number of carboxylic acid groups (broad SMARTS) is 1. The number of amides is 1. The molecule has 0 aliphatic carbocycles. The van der Waals surface area contributed by atoms with E-state index in [9.17, 15) is 9.59 Å². The number of aryl methyl sites for hydroxylation is 2. The highest BCUT2D eigenvalue weighted by Crippen LogP contribution is 2.15. The van der Waals surface area contributed by atoms with Crippen LogP contribution in [-0.4, -0.2) is 57.5 Å². The Labute approximate surface area is 122 Å². The third kappa shape index (κ3) is 3.13. The van der Waals surface area contributed by atoms with Crippen molar-refractivity contribution in [3.63, 3.8) is 0 Å². The van der Waals surface area contributed by atoms with Gasteiger partial charge < -0.3 is 14.7 Å². The average Bonchev–Trinajstić information content (AvgIpc) is 2.70. The van der Waals surface area contributed by atoms with E-state index in [-0.39, 0.29) is 19.1 Å². The first-order valence-corrected chi connectivity index (χ1v) is 6.71. The van der Waals surface area contributed by atoms with Gasteiger partial charge in [0, 0.05) is 30.9 Å². The van der Waals surface area contributed by atoms with E-state index >= 15 is 0 Å². The van der Waals surface area contributed by atoms with Crippen molar-refractivity contribution in [3.05, 3.63) is 23.0 Å². The number of ether oxygens (including phenoxy) is 1. The fourth-order valence-electron chi connectivity index (χ4n) is 2.35. The Kier molecular flexibility index (Phi) is 4.42. The number of hydrogen-bond acceptors (Lipinski definition) is 4. The smallest absolute Gasteiger partial charge is 0.328 e. The van der Waals surface area contributed by atoms with Crippen LogP contribution in [0.15, 0.2) is 6.08 Å². The van der Waals surface area contributed by atoms with Crippen LogP contribution in [-0.2, 0) is 21.4 Å². The molecule has 1 aromatic rings. The molecule has 1 aliphatic heterocycles. The van der Waals surface area contributed by atoms with Gasteiger partial charge in [-0.1, -0.05) is 0 Å². The first-order chi connectivity index (χ1) is 9.91. The van der Waals surface area contributed by atoms with Crippen molar-refractivity contribution in [2.75, 3.05) is 19.8 Å². The minimum atomic E-state index is -1.05. The number of aliphatic carboxylic acids is 1. The second kappa shape index (κ2) is 6.09. The van der Waals surface area contributed by atoms with E-state index in [2.05, 4.69) is 5.10 Å². The predicted molar refractivity (Wildman–Crippen MR) is 75.7 cm³/mol. The van der Waals surface area contributed by atoms with Gasteiger partial charge in [-0.2, -0.15) is 5.10 Å². The molecule has 1 atom stereocenters. The number of hydrogen-bond donors (Lipinski definition) is 1. The topological polar surface area (TPSA) is 84.7 Å². The van der Waals surface area contributed by atoms with E-state index in [0.29, 0.717) is 6.61 Å². The molecule has 7 nitrogen and oxygen atoms in total. The zero-order valence-corrected chi connectivity index (χ0v) is 12.4. The first-order valence-electron chi connectivity index (χ1n) is 6.71. The molecule has 0 aromatic carbocycles. The molecule has 1 unspecified atom stereocenters. The van der Waals surface area contributed by atoms with Gasteiger partial charge in [0.2, 0.25) is 5.91 Å². The maximum absolute atomic E-state index is 12.2. The number of rotatable bonds is 3. The van der Waals surface area contributed by atoms with Crippen molar-refractivity contribution in [1.29, 1.82) is 0 Å². The second-order valence-electron chi connectivity index (χ2n) is 5.00. The van der Waals surface area contributed by atoms with Gasteiger partial charge in [0.15, 0.2) is 6.04 Å². The first kappa shape index (κ1) is 15.2. The molecule has 1 saturated heterocycles. The molecule has 0 spiro atoms. The molecule has 2 heterocycles. The third-order valence-electron chi connectivity index (χ3n) is 3.65. The number of carboxylic acids is 1. The molecular weight excluding hydrogens is 274 g/mol. The molecule has 2 rings (SSSR count).